The van der Waals surface area contributed by atoms with Crippen molar-refractivity contribution in [2.45, 2.75) is 63.0 Å². The van der Waals surface area contributed by atoms with E-state index in [0.29, 0.717) is 27.2 Å². The second kappa shape index (κ2) is 8.41. The topological polar surface area (TPSA) is 87.9 Å². The van der Waals surface area contributed by atoms with Gasteiger partial charge in [-0.3, -0.25) is 4.79 Å². The molecule has 4 rings (SSSR count). The van der Waals surface area contributed by atoms with Crippen LogP contribution in [0, 0.1) is 11.3 Å². The Morgan fingerprint density at radius 3 is 2.57 bits per heavy atom. The van der Waals surface area contributed by atoms with Crippen molar-refractivity contribution >= 4 is 29.1 Å². The van der Waals surface area contributed by atoms with E-state index in [2.05, 4.69) is 22.4 Å². The van der Waals surface area contributed by atoms with Crippen LogP contribution in [0.15, 0.2) is 24.3 Å². The minimum atomic E-state index is -0.215. The van der Waals surface area contributed by atoms with E-state index in [-0.39, 0.29) is 23.5 Å². The Balaban J connectivity index is 1.31. The van der Waals surface area contributed by atoms with E-state index < -0.39 is 0 Å². The highest BCUT2D eigenvalue weighted by Gasteiger charge is 2.41. The average Bonchev–Trinajstić information content (AvgIpc) is 3.48. The van der Waals surface area contributed by atoms with Gasteiger partial charge in [0.1, 0.15) is 11.8 Å². The van der Waals surface area contributed by atoms with Crippen molar-refractivity contribution in [2.24, 2.45) is 0 Å². The lowest BCUT2D eigenvalue weighted by atomic mass is 9.92. The van der Waals surface area contributed by atoms with Gasteiger partial charge < -0.3 is 10.1 Å². The summed E-state index contributed by atoms with van der Waals surface area (Å²) < 4.78 is 6.00. The monoisotopic (exact) mass is 444 g/mol. The van der Waals surface area contributed by atoms with Crippen LogP contribution in [0.4, 0.5) is 0 Å². The molecule has 0 aliphatic heterocycles. The quantitative estimate of drug-likeness (QED) is 0.713. The minimum absolute atomic E-state index is 0.0196. The summed E-state index contributed by atoms with van der Waals surface area (Å²) >= 11 is 12.3. The average molecular weight is 445 g/mol. The molecule has 0 atom stereocenters. The number of halogens is 2. The van der Waals surface area contributed by atoms with Gasteiger partial charge in [0, 0.05) is 12.1 Å². The Kier molecular flexibility index (Phi) is 5.86. The van der Waals surface area contributed by atoms with Gasteiger partial charge in [-0.15, -0.1) is 10.2 Å². The maximum Gasteiger partial charge on any atom is 0.272 e. The second-order valence-corrected chi connectivity index (χ2v) is 9.08. The van der Waals surface area contributed by atoms with Crippen LogP contribution in [0.1, 0.15) is 67.1 Å². The van der Waals surface area contributed by atoms with Crippen molar-refractivity contribution in [3.05, 3.63) is 51.3 Å². The standard InChI is InChI=1S/C22H22Cl2N4O2/c1-22(8-9-22)17-11-19(27-28-20(17)24)21(29)26-14-3-6-15(7-4-14)30-16-5-2-13(12-25)18(23)10-16/h2,5,10-11,14-15H,3-4,6-9H2,1H3,(H,26,29). The molecule has 1 aromatic carbocycles. The third-order valence-corrected chi connectivity index (χ3v) is 6.60. The van der Waals surface area contributed by atoms with E-state index in [9.17, 15) is 4.79 Å². The number of carbonyl (C=O) groups is 1. The summed E-state index contributed by atoms with van der Waals surface area (Å²) in [6.07, 6.45) is 5.41. The summed E-state index contributed by atoms with van der Waals surface area (Å²) in [4.78, 5) is 12.7. The van der Waals surface area contributed by atoms with Crippen molar-refractivity contribution in [1.82, 2.24) is 15.5 Å². The van der Waals surface area contributed by atoms with Crippen molar-refractivity contribution in [3.63, 3.8) is 0 Å². The molecule has 1 aromatic heterocycles. The van der Waals surface area contributed by atoms with Crippen LogP contribution in [-0.4, -0.2) is 28.3 Å². The molecule has 1 heterocycles. The van der Waals surface area contributed by atoms with E-state index in [1.54, 1.807) is 24.3 Å². The summed E-state index contributed by atoms with van der Waals surface area (Å²) in [5.74, 6) is 0.442. The Morgan fingerprint density at radius 1 is 1.20 bits per heavy atom. The van der Waals surface area contributed by atoms with Crippen LogP contribution in [0.2, 0.25) is 10.2 Å². The SMILES string of the molecule is CC1(c2cc(C(=O)NC3CCC(Oc4ccc(C#N)c(Cl)c4)CC3)nnc2Cl)CC1. The van der Waals surface area contributed by atoms with Gasteiger partial charge in [0.25, 0.3) is 5.91 Å². The highest BCUT2D eigenvalue weighted by Crippen LogP contribution is 2.49. The number of nitriles is 1. The fourth-order valence-electron chi connectivity index (χ4n) is 3.80. The first-order chi connectivity index (χ1) is 14.4. The molecule has 2 aliphatic carbocycles. The molecule has 0 spiro atoms. The van der Waals surface area contributed by atoms with E-state index in [1.165, 1.54) is 0 Å². The molecule has 1 amide bonds. The van der Waals surface area contributed by atoms with Gasteiger partial charge in [0.15, 0.2) is 10.8 Å². The fraction of sp³-hybridized carbons (Fsp3) is 0.455. The number of nitrogens with zero attached hydrogens (tertiary/aromatic N) is 3. The zero-order valence-corrected chi connectivity index (χ0v) is 18.1. The van der Waals surface area contributed by atoms with Gasteiger partial charge in [-0.2, -0.15) is 5.26 Å². The molecule has 30 heavy (non-hydrogen) atoms. The number of rotatable bonds is 5. The first-order valence-electron chi connectivity index (χ1n) is 10.1. The van der Waals surface area contributed by atoms with E-state index >= 15 is 0 Å². The fourth-order valence-corrected chi connectivity index (χ4v) is 4.34. The number of amides is 1. The van der Waals surface area contributed by atoms with Crippen LogP contribution in [-0.2, 0) is 5.41 Å². The summed E-state index contributed by atoms with van der Waals surface area (Å²) in [6, 6.07) is 8.98. The molecular formula is C22H22Cl2N4O2. The lowest BCUT2D eigenvalue weighted by Gasteiger charge is -2.29. The summed E-state index contributed by atoms with van der Waals surface area (Å²) in [6.45, 7) is 2.12. The van der Waals surface area contributed by atoms with Crippen molar-refractivity contribution in [2.75, 3.05) is 0 Å². The van der Waals surface area contributed by atoms with Crippen LogP contribution in [0.3, 0.4) is 0 Å². The molecule has 2 aliphatic rings. The van der Waals surface area contributed by atoms with E-state index in [0.717, 1.165) is 44.1 Å². The lowest BCUT2D eigenvalue weighted by Crippen LogP contribution is -2.40. The Morgan fingerprint density at radius 2 is 1.93 bits per heavy atom. The molecule has 0 bridgehead atoms. The molecule has 156 valence electrons. The number of hydrogen-bond acceptors (Lipinski definition) is 5. The van der Waals surface area contributed by atoms with Gasteiger partial charge in [-0.1, -0.05) is 30.1 Å². The molecule has 6 nitrogen and oxygen atoms in total. The van der Waals surface area contributed by atoms with Gasteiger partial charge in [-0.25, -0.2) is 0 Å². The minimum Gasteiger partial charge on any atom is -0.490 e. The number of nitrogens with one attached hydrogen (secondary N) is 1. The molecule has 0 saturated heterocycles. The number of hydrogen-bond donors (Lipinski definition) is 1. The maximum atomic E-state index is 12.7. The van der Waals surface area contributed by atoms with Crippen molar-refractivity contribution < 1.29 is 9.53 Å². The highest BCUT2D eigenvalue weighted by molar-refractivity contribution is 6.31. The van der Waals surface area contributed by atoms with Gasteiger partial charge >= 0.3 is 0 Å². The molecule has 8 heteroatoms. The second-order valence-electron chi connectivity index (χ2n) is 8.31. The molecular weight excluding hydrogens is 423 g/mol. The molecule has 0 radical (unpaired) electrons. The van der Waals surface area contributed by atoms with Crippen molar-refractivity contribution in [3.8, 4) is 11.8 Å². The number of ether oxygens (including phenoxy) is 1. The summed E-state index contributed by atoms with van der Waals surface area (Å²) in [5, 5.41) is 20.8. The van der Waals surface area contributed by atoms with E-state index in [4.69, 9.17) is 33.2 Å². The zero-order chi connectivity index (χ0) is 21.3. The molecule has 1 N–H and O–H groups in total. The molecule has 2 fully saturated rings. The van der Waals surface area contributed by atoms with Crippen LogP contribution < -0.4 is 10.1 Å². The Labute approximate surface area is 185 Å². The lowest BCUT2D eigenvalue weighted by molar-refractivity contribution is 0.0888. The third-order valence-electron chi connectivity index (χ3n) is 6.00. The summed E-state index contributed by atoms with van der Waals surface area (Å²) in [7, 11) is 0. The smallest absolute Gasteiger partial charge is 0.272 e. The Hall–Kier alpha value is -2.36. The number of benzene rings is 1. The molecule has 2 saturated carbocycles. The van der Waals surface area contributed by atoms with Crippen LogP contribution in [0.5, 0.6) is 5.75 Å². The molecule has 2 aromatic rings. The normalized spacial score (nSPS) is 22.1. The van der Waals surface area contributed by atoms with E-state index in [1.807, 2.05) is 6.07 Å². The first kappa shape index (κ1) is 20.9. The summed E-state index contributed by atoms with van der Waals surface area (Å²) in [5.41, 5.74) is 1.67. The number of aromatic nitrogens is 2. The largest absolute Gasteiger partial charge is 0.490 e. The van der Waals surface area contributed by atoms with Crippen LogP contribution >= 0.6 is 23.2 Å². The first-order valence-corrected chi connectivity index (χ1v) is 10.8. The van der Waals surface area contributed by atoms with Crippen LogP contribution in [0.25, 0.3) is 0 Å². The zero-order valence-electron chi connectivity index (χ0n) is 16.6. The van der Waals surface area contributed by atoms with Gasteiger partial charge in [0.2, 0.25) is 0 Å². The van der Waals surface area contributed by atoms with Gasteiger partial charge in [0.05, 0.1) is 16.7 Å². The van der Waals surface area contributed by atoms with Crippen molar-refractivity contribution in [1.29, 1.82) is 5.26 Å². The highest BCUT2D eigenvalue weighted by atomic mass is 35.5. The predicted molar refractivity (Wildman–Crippen MR) is 114 cm³/mol. The molecule has 0 unspecified atom stereocenters. The maximum absolute atomic E-state index is 12.7. The third kappa shape index (κ3) is 4.53. The Bertz CT molecular complexity index is 1010. The predicted octanol–water partition coefficient (Wildman–Crippen LogP) is 4.83. The van der Waals surface area contributed by atoms with Gasteiger partial charge in [-0.05, 0) is 67.7 Å². The number of carbonyl (C=O) groups excluding carboxylic acids is 1.